The highest BCUT2D eigenvalue weighted by molar-refractivity contribution is 7.22. The topological polar surface area (TPSA) is 79.0 Å². The summed E-state index contributed by atoms with van der Waals surface area (Å²) in [6.45, 7) is 5.99. The molecule has 0 unspecified atom stereocenters. The molecule has 0 saturated heterocycles. The maximum Gasteiger partial charge on any atom is 0.266 e. The van der Waals surface area contributed by atoms with E-state index in [1.807, 2.05) is 44.4 Å². The minimum absolute atomic E-state index is 0.0639. The Morgan fingerprint density at radius 3 is 2.69 bits per heavy atom. The number of para-hydroxylation sites is 1. The van der Waals surface area contributed by atoms with E-state index in [2.05, 4.69) is 15.0 Å². The van der Waals surface area contributed by atoms with E-state index in [0.717, 1.165) is 9.88 Å². The van der Waals surface area contributed by atoms with Crippen molar-refractivity contribution >= 4 is 39.5 Å². The van der Waals surface area contributed by atoms with E-state index in [-0.39, 0.29) is 24.1 Å². The van der Waals surface area contributed by atoms with E-state index in [4.69, 9.17) is 0 Å². The van der Waals surface area contributed by atoms with Crippen LogP contribution < -0.4 is 5.56 Å². The predicted octanol–water partition coefficient (Wildman–Crippen LogP) is 4.47. The molecule has 3 heterocycles. The van der Waals surface area contributed by atoms with Crippen molar-refractivity contribution in [3.8, 4) is 9.88 Å². The average molecular weight is 425 g/mol. The van der Waals surface area contributed by atoms with Gasteiger partial charge < -0.3 is 9.88 Å². The third kappa shape index (κ3) is 3.86. The van der Waals surface area contributed by atoms with Crippen molar-refractivity contribution in [2.24, 2.45) is 0 Å². The number of amides is 1. The van der Waals surface area contributed by atoms with Crippen molar-refractivity contribution in [3.05, 3.63) is 68.5 Å². The number of nitrogens with zero attached hydrogens (tertiary/aromatic N) is 3. The standard InChI is InChI=1S/C21H20N4O2S2/c1-12(2)25(11-17-23-15-8-5-4-7-14(15)19(26)24-17)21(27)18-13(3)22-20(29-18)16-9-6-10-28-16/h4-10,12H,11H2,1-3H3,(H,23,24,26). The maximum atomic E-state index is 13.3. The molecule has 1 amide bonds. The Hall–Kier alpha value is -2.84. The summed E-state index contributed by atoms with van der Waals surface area (Å²) in [5, 5.41) is 3.38. The molecule has 0 aliphatic rings. The van der Waals surface area contributed by atoms with Crippen LogP contribution in [-0.2, 0) is 6.54 Å². The second-order valence-corrected chi connectivity index (χ2v) is 8.91. The maximum absolute atomic E-state index is 13.3. The lowest BCUT2D eigenvalue weighted by atomic mass is 10.2. The third-order valence-electron chi connectivity index (χ3n) is 4.59. The first-order valence-electron chi connectivity index (χ1n) is 9.24. The molecule has 1 aromatic carbocycles. The summed E-state index contributed by atoms with van der Waals surface area (Å²) in [5.41, 5.74) is 1.14. The molecule has 0 aliphatic heterocycles. The van der Waals surface area contributed by atoms with Crippen molar-refractivity contribution in [2.45, 2.75) is 33.4 Å². The number of benzene rings is 1. The smallest absolute Gasteiger partial charge is 0.266 e. The number of carbonyl (C=O) groups excluding carboxylic acids is 1. The van der Waals surface area contributed by atoms with Crippen LogP contribution in [0.15, 0.2) is 46.6 Å². The molecule has 29 heavy (non-hydrogen) atoms. The lowest BCUT2D eigenvalue weighted by Gasteiger charge is -2.26. The van der Waals surface area contributed by atoms with Crippen molar-refractivity contribution in [2.75, 3.05) is 0 Å². The molecule has 6 nitrogen and oxygen atoms in total. The van der Waals surface area contributed by atoms with Gasteiger partial charge in [0.2, 0.25) is 0 Å². The van der Waals surface area contributed by atoms with Gasteiger partial charge in [-0.25, -0.2) is 9.97 Å². The molecule has 148 valence electrons. The first-order valence-corrected chi connectivity index (χ1v) is 10.9. The monoisotopic (exact) mass is 424 g/mol. The summed E-state index contributed by atoms with van der Waals surface area (Å²) in [5.74, 6) is 0.366. The van der Waals surface area contributed by atoms with Gasteiger partial charge in [-0.15, -0.1) is 22.7 Å². The lowest BCUT2D eigenvalue weighted by molar-refractivity contribution is 0.0689. The summed E-state index contributed by atoms with van der Waals surface area (Å²) in [6.07, 6.45) is 0. The van der Waals surface area contributed by atoms with Crippen LogP contribution in [0, 0.1) is 6.92 Å². The van der Waals surface area contributed by atoms with Crippen LogP contribution in [0.1, 0.15) is 35.0 Å². The Morgan fingerprint density at radius 1 is 1.17 bits per heavy atom. The van der Waals surface area contributed by atoms with Crippen LogP contribution in [0.5, 0.6) is 0 Å². The number of rotatable bonds is 5. The van der Waals surface area contributed by atoms with E-state index in [1.54, 1.807) is 34.4 Å². The van der Waals surface area contributed by atoms with Gasteiger partial charge in [0.25, 0.3) is 11.5 Å². The fraction of sp³-hybridized carbons (Fsp3) is 0.238. The van der Waals surface area contributed by atoms with E-state index in [0.29, 0.717) is 27.3 Å². The number of aromatic nitrogens is 3. The van der Waals surface area contributed by atoms with E-state index >= 15 is 0 Å². The highest BCUT2D eigenvalue weighted by Gasteiger charge is 2.25. The van der Waals surface area contributed by atoms with Gasteiger partial charge in [-0.1, -0.05) is 18.2 Å². The van der Waals surface area contributed by atoms with Gasteiger partial charge in [-0.05, 0) is 44.4 Å². The summed E-state index contributed by atoms with van der Waals surface area (Å²) in [4.78, 5) is 41.0. The largest absolute Gasteiger partial charge is 0.328 e. The Labute approximate surface area is 175 Å². The number of aryl methyl sites for hydroxylation is 1. The normalized spacial score (nSPS) is 11.3. The molecule has 0 radical (unpaired) electrons. The van der Waals surface area contributed by atoms with Gasteiger partial charge in [0.15, 0.2) is 0 Å². The summed E-state index contributed by atoms with van der Waals surface area (Å²) < 4.78 is 0. The van der Waals surface area contributed by atoms with Gasteiger partial charge in [0.1, 0.15) is 15.7 Å². The van der Waals surface area contributed by atoms with E-state index in [9.17, 15) is 9.59 Å². The molecular weight excluding hydrogens is 404 g/mol. The number of hydrogen-bond donors (Lipinski definition) is 1. The quantitative estimate of drug-likeness (QED) is 0.513. The molecular formula is C21H20N4O2S2. The zero-order valence-electron chi connectivity index (χ0n) is 16.3. The first kappa shape index (κ1) is 19.5. The van der Waals surface area contributed by atoms with Gasteiger partial charge in [0.05, 0.1) is 28.0 Å². The fourth-order valence-electron chi connectivity index (χ4n) is 3.09. The number of nitrogens with one attached hydrogen (secondary N) is 1. The molecule has 4 rings (SSSR count). The summed E-state index contributed by atoms with van der Waals surface area (Å²) in [6, 6.07) is 11.1. The highest BCUT2D eigenvalue weighted by Crippen LogP contribution is 2.32. The summed E-state index contributed by atoms with van der Waals surface area (Å²) >= 11 is 3.01. The third-order valence-corrected chi connectivity index (χ3v) is 6.77. The van der Waals surface area contributed by atoms with E-state index in [1.165, 1.54) is 11.3 Å². The minimum Gasteiger partial charge on any atom is -0.328 e. The predicted molar refractivity (Wildman–Crippen MR) is 118 cm³/mol. The lowest BCUT2D eigenvalue weighted by Crippen LogP contribution is -2.37. The molecule has 4 aromatic rings. The van der Waals surface area contributed by atoms with Crippen molar-refractivity contribution in [1.82, 2.24) is 19.9 Å². The minimum atomic E-state index is -0.198. The molecule has 0 bridgehead atoms. The first-order chi connectivity index (χ1) is 13.9. The van der Waals surface area contributed by atoms with Crippen LogP contribution in [0.2, 0.25) is 0 Å². The van der Waals surface area contributed by atoms with Crippen molar-refractivity contribution < 1.29 is 4.79 Å². The van der Waals surface area contributed by atoms with Crippen LogP contribution >= 0.6 is 22.7 Å². The number of aromatic amines is 1. The molecule has 0 saturated carbocycles. The Morgan fingerprint density at radius 2 is 1.97 bits per heavy atom. The number of thiazole rings is 1. The molecule has 0 spiro atoms. The van der Waals surface area contributed by atoms with Crippen LogP contribution in [-0.4, -0.2) is 31.8 Å². The number of fused-ring (bicyclic) bond motifs is 1. The fourth-order valence-corrected chi connectivity index (χ4v) is 4.91. The molecule has 1 N–H and O–H groups in total. The molecule has 0 fully saturated rings. The molecule has 3 aromatic heterocycles. The number of H-pyrrole nitrogens is 1. The SMILES string of the molecule is Cc1nc(-c2cccs2)sc1C(=O)N(Cc1nc2ccccc2c(=O)[nH]1)C(C)C. The van der Waals surface area contributed by atoms with Gasteiger partial charge in [-0.3, -0.25) is 9.59 Å². The van der Waals surface area contributed by atoms with Gasteiger partial charge in [-0.2, -0.15) is 0 Å². The molecule has 0 aliphatic carbocycles. The molecule has 8 heteroatoms. The highest BCUT2D eigenvalue weighted by atomic mass is 32.1. The van der Waals surface area contributed by atoms with Crippen LogP contribution in [0.4, 0.5) is 0 Å². The van der Waals surface area contributed by atoms with Crippen molar-refractivity contribution in [1.29, 1.82) is 0 Å². The zero-order valence-corrected chi connectivity index (χ0v) is 17.9. The van der Waals surface area contributed by atoms with Gasteiger partial charge >= 0.3 is 0 Å². The number of carbonyl (C=O) groups is 1. The number of thiophene rings is 1. The second-order valence-electron chi connectivity index (χ2n) is 6.97. The Bertz CT molecular complexity index is 1230. The summed E-state index contributed by atoms with van der Waals surface area (Å²) in [7, 11) is 0. The molecule has 0 atom stereocenters. The van der Waals surface area contributed by atoms with Crippen molar-refractivity contribution in [3.63, 3.8) is 0 Å². The average Bonchev–Trinajstić information content (AvgIpc) is 3.35. The van der Waals surface area contributed by atoms with Crippen LogP contribution in [0.25, 0.3) is 20.8 Å². The van der Waals surface area contributed by atoms with E-state index < -0.39 is 0 Å². The second kappa shape index (κ2) is 7.88. The van der Waals surface area contributed by atoms with Crippen LogP contribution in [0.3, 0.4) is 0 Å². The zero-order chi connectivity index (χ0) is 20.5. The number of hydrogen-bond acceptors (Lipinski definition) is 6. The Balaban J connectivity index is 1.66. The van der Waals surface area contributed by atoms with Gasteiger partial charge in [0, 0.05) is 6.04 Å². The Kier molecular flexibility index (Phi) is 5.29.